The lowest BCUT2D eigenvalue weighted by Crippen LogP contribution is -2.39. The van der Waals surface area contributed by atoms with Crippen molar-refractivity contribution in [3.8, 4) is 0 Å². The molecule has 34 heavy (non-hydrogen) atoms. The van der Waals surface area contributed by atoms with Crippen LogP contribution < -0.4 is 10.6 Å². The van der Waals surface area contributed by atoms with Gasteiger partial charge in [-0.3, -0.25) is 14.5 Å². The molecule has 0 saturated carbocycles. The van der Waals surface area contributed by atoms with Crippen LogP contribution in [0, 0.1) is 6.92 Å². The topological polar surface area (TPSA) is 75.6 Å². The summed E-state index contributed by atoms with van der Waals surface area (Å²) in [5, 5.41) is 6.84. The number of hydrogen-bond donors (Lipinski definition) is 2. The Hall–Kier alpha value is -3.42. The van der Waals surface area contributed by atoms with Crippen molar-refractivity contribution >= 4 is 28.8 Å². The fraction of sp³-hybridized carbons (Fsp3) is 0.333. The zero-order valence-electron chi connectivity index (χ0n) is 19.8. The molecular weight excluding hydrogens is 428 g/mol. The van der Waals surface area contributed by atoms with Crippen LogP contribution in [-0.4, -0.2) is 60.7 Å². The van der Waals surface area contributed by atoms with Gasteiger partial charge >= 0.3 is 0 Å². The molecule has 1 saturated heterocycles. The van der Waals surface area contributed by atoms with Crippen LogP contribution in [0.2, 0.25) is 0 Å². The maximum absolute atomic E-state index is 13.1. The monoisotopic (exact) mass is 460 g/mol. The van der Waals surface area contributed by atoms with E-state index in [1.807, 2.05) is 61.1 Å². The van der Waals surface area contributed by atoms with Gasteiger partial charge in [0.1, 0.15) is 5.70 Å². The van der Waals surface area contributed by atoms with Crippen molar-refractivity contribution in [1.82, 2.24) is 20.1 Å². The predicted octanol–water partition coefficient (Wildman–Crippen LogP) is 3.10. The largest absolute Gasteiger partial charge is 0.379 e. The molecule has 7 nitrogen and oxygen atoms in total. The molecular formula is C27H32N4O3. The summed E-state index contributed by atoms with van der Waals surface area (Å²) in [6.45, 7) is 6.77. The predicted molar refractivity (Wildman–Crippen MR) is 134 cm³/mol. The highest BCUT2D eigenvalue weighted by molar-refractivity contribution is 6.06. The van der Waals surface area contributed by atoms with E-state index in [4.69, 9.17) is 4.74 Å². The molecule has 0 bridgehead atoms. The number of aromatic nitrogens is 1. The van der Waals surface area contributed by atoms with E-state index < -0.39 is 0 Å². The minimum Gasteiger partial charge on any atom is -0.379 e. The second-order valence-electron chi connectivity index (χ2n) is 8.65. The lowest BCUT2D eigenvalue weighted by Gasteiger charge is -2.26. The number of benzene rings is 2. The molecule has 2 heterocycles. The number of aryl methyl sites for hydroxylation is 2. The summed E-state index contributed by atoms with van der Waals surface area (Å²) in [5.41, 5.74) is 3.74. The highest BCUT2D eigenvalue weighted by atomic mass is 16.5. The number of fused-ring (bicyclic) bond motifs is 1. The fourth-order valence-electron chi connectivity index (χ4n) is 4.13. The number of morpholine rings is 1. The molecule has 0 unspecified atom stereocenters. The fourth-order valence-corrected chi connectivity index (χ4v) is 4.13. The third-order valence-electron chi connectivity index (χ3n) is 6.07. The second-order valence-corrected chi connectivity index (χ2v) is 8.65. The second kappa shape index (κ2) is 11.1. The van der Waals surface area contributed by atoms with Crippen LogP contribution in [0.15, 0.2) is 60.4 Å². The number of amides is 2. The number of carbonyl (C=O) groups excluding carboxylic acids is 2. The molecule has 0 atom stereocenters. The molecule has 1 aliphatic heterocycles. The molecule has 1 aromatic heterocycles. The minimum absolute atomic E-state index is 0.230. The van der Waals surface area contributed by atoms with Crippen molar-refractivity contribution < 1.29 is 14.3 Å². The van der Waals surface area contributed by atoms with Crippen molar-refractivity contribution in [2.45, 2.75) is 13.3 Å². The van der Waals surface area contributed by atoms with Crippen LogP contribution in [0.4, 0.5) is 0 Å². The van der Waals surface area contributed by atoms with Gasteiger partial charge < -0.3 is 19.9 Å². The molecule has 0 aliphatic carbocycles. The molecule has 2 N–H and O–H groups in total. The Labute approximate surface area is 200 Å². The molecule has 0 spiro atoms. The first-order chi connectivity index (χ1) is 16.5. The van der Waals surface area contributed by atoms with E-state index in [0.29, 0.717) is 12.1 Å². The van der Waals surface area contributed by atoms with Gasteiger partial charge in [-0.05, 0) is 44.2 Å². The quantitative estimate of drug-likeness (QED) is 0.400. The van der Waals surface area contributed by atoms with Gasteiger partial charge in [-0.25, -0.2) is 0 Å². The van der Waals surface area contributed by atoms with Crippen molar-refractivity contribution in [3.63, 3.8) is 0 Å². The summed E-state index contributed by atoms with van der Waals surface area (Å²) in [7, 11) is 1.97. The molecule has 1 fully saturated rings. The maximum atomic E-state index is 13.1. The lowest BCUT2D eigenvalue weighted by atomic mass is 10.1. The molecule has 2 amide bonds. The Morgan fingerprint density at radius 2 is 1.79 bits per heavy atom. The Bertz CT molecular complexity index is 1170. The van der Waals surface area contributed by atoms with E-state index in [1.165, 1.54) is 0 Å². The molecule has 4 rings (SSSR count). The maximum Gasteiger partial charge on any atom is 0.267 e. The van der Waals surface area contributed by atoms with Crippen molar-refractivity contribution in [2.75, 3.05) is 39.4 Å². The first kappa shape index (κ1) is 23.7. The van der Waals surface area contributed by atoms with E-state index in [1.54, 1.807) is 18.2 Å². The van der Waals surface area contributed by atoms with Crippen LogP contribution in [-0.2, 0) is 16.6 Å². The van der Waals surface area contributed by atoms with E-state index in [0.717, 1.165) is 61.3 Å². The lowest BCUT2D eigenvalue weighted by molar-refractivity contribution is -0.117. The van der Waals surface area contributed by atoms with Gasteiger partial charge in [-0.2, -0.15) is 0 Å². The zero-order valence-corrected chi connectivity index (χ0v) is 19.8. The number of rotatable bonds is 8. The summed E-state index contributed by atoms with van der Waals surface area (Å²) in [6.07, 6.45) is 4.55. The van der Waals surface area contributed by atoms with E-state index in [9.17, 15) is 9.59 Å². The average Bonchev–Trinajstić information content (AvgIpc) is 3.17. The molecule has 7 heteroatoms. The van der Waals surface area contributed by atoms with Crippen molar-refractivity contribution in [1.29, 1.82) is 0 Å². The summed E-state index contributed by atoms with van der Waals surface area (Å²) in [6, 6.07) is 15.3. The molecule has 0 radical (unpaired) electrons. The van der Waals surface area contributed by atoms with Crippen LogP contribution in [0.5, 0.6) is 0 Å². The van der Waals surface area contributed by atoms with Crippen LogP contribution >= 0.6 is 0 Å². The molecule has 3 aromatic rings. The Morgan fingerprint density at radius 3 is 2.56 bits per heavy atom. The van der Waals surface area contributed by atoms with E-state index in [-0.39, 0.29) is 17.5 Å². The third-order valence-corrected chi connectivity index (χ3v) is 6.07. The third kappa shape index (κ3) is 5.92. The summed E-state index contributed by atoms with van der Waals surface area (Å²) in [4.78, 5) is 28.4. The van der Waals surface area contributed by atoms with Crippen LogP contribution in [0.3, 0.4) is 0 Å². The normalized spacial score (nSPS) is 14.8. The highest BCUT2D eigenvalue weighted by Crippen LogP contribution is 2.22. The molecule has 2 aromatic carbocycles. The van der Waals surface area contributed by atoms with Crippen LogP contribution in [0.1, 0.15) is 27.9 Å². The minimum atomic E-state index is -0.310. The number of ether oxygens (including phenoxy) is 1. The number of para-hydroxylation sites is 1. The number of nitrogens with zero attached hydrogens (tertiary/aromatic N) is 2. The van der Waals surface area contributed by atoms with Gasteiger partial charge in [-0.15, -0.1) is 0 Å². The molecule has 178 valence electrons. The van der Waals surface area contributed by atoms with Gasteiger partial charge in [-0.1, -0.05) is 35.9 Å². The summed E-state index contributed by atoms with van der Waals surface area (Å²) < 4.78 is 7.40. The van der Waals surface area contributed by atoms with Crippen molar-refractivity contribution in [2.24, 2.45) is 7.05 Å². The molecule has 1 aliphatic rings. The first-order valence-corrected chi connectivity index (χ1v) is 11.7. The van der Waals surface area contributed by atoms with E-state index in [2.05, 4.69) is 15.5 Å². The van der Waals surface area contributed by atoms with Gasteiger partial charge in [0.15, 0.2) is 0 Å². The summed E-state index contributed by atoms with van der Waals surface area (Å²) >= 11 is 0. The van der Waals surface area contributed by atoms with Gasteiger partial charge in [0.25, 0.3) is 11.8 Å². The van der Waals surface area contributed by atoms with Crippen LogP contribution in [0.25, 0.3) is 17.0 Å². The smallest absolute Gasteiger partial charge is 0.267 e. The first-order valence-electron chi connectivity index (χ1n) is 11.7. The zero-order chi connectivity index (χ0) is 23.9. The van der Waals surface area contributed by atoms with Gasteiger partial charge in [0, 0.05) is 54.9 Å². The Morgan fingerprint density at radius 1 is 1.06 bits per heavy atom. The number of carbonyl (C=O) groups is 2. The average molecular weight is 461 g/mol. The standard InChI is InChI=1S/C27H32N4O3/c1-20-8-10-21(11-9-20)26(32)29-24(18-22-19-30(2)25-7-4-3-6-23(22)25)27(33)28-12-5-13-31-14-16-34-17-15-31/h3-4,6-11,18-19H,5,12-17H2,1-2H3,(H,28,33)(H,29,32)/b24-18+. The van der Waals surface area contributed by atoms with Gasteiger partial charge in [0.2, 0.25) is 0 Å². The van der Waals surface area contributed by atoms with Crippen molar-refractivity contribution in [3.05, 3.63) is 77.1 Å². The van der Waals surface area contributed by atoms with E-state index >= 15 is 0 Å². The Kier molecular flexibility index (Phi) is 7.77. The summed E-state index contributed by atoms with van der Waals surface area (Å²) in [5.74, 6) is -0.606. The number of hydrogen-bond acceptors (Lipinski definition) is 4. The highest BCUT2D eigenvalue weighted by Gasteiger charge is 2.16. The number of nitrogens with one attached hydrogen (secondary N) is 2. The van der Waals surface area contributed by atoms with Gasteiger partial charge in [0.05, 0.1) is 13.2 Å². The SMILES string of the molecule is Cc1ccc(C(=O)N/C(=C/c2cn(C)c3ccccc23)C(=O)NCCCN2CCOCC2)cc1. The Balaban J connectivity index is 1.50.